The van der Waals surface area contributed by atoms with Gasteiger partial charge in [-0.2, -0.15) is 74.6 Å². The number of carbonyl (C=O) groups is 7. The monoisotopic (exact) mass is 1350 g/mol. The number of hydrogen-bond donors (Lipinski definition) is 10. The van der Waals surface area contributed by atoms with Crippen molar-refractivity contribution in [2.24, 2.45) is 5.92 Å². The molecule has 0 aliphatic carbocycles. The summed E-state index contributed by atoms with van der Waals surface area (Å²) < 4.78 is 263. The molecule has 9 atom stereocenters. The van der Waals surface area contributed by atoms with E-state index in [0.717, 1.165) is 31.5 Å². The number of unbranched alkanes of at least 4 members (excludes halogenated alkanes) is 6. The van der Waals surface area contributed by atoms with E-state index in [1.54, 1.807) is 13.8 Å². The predicted molar refractivity (Wildman–Crippen MR) is 276 cm³/mol. The smallest absolute Gasteiger partial charge is 0.394 e. The van der Waals surface area contributed by atoms with Gasteiger partial charge in [0.15, 0.2) is 6.29 Å². The third-order valence-electron chi connectivity index (χ3n) is 13.4. The molecular formula is C51H78F17N7O15. The van der Waals surface area contributed by atoms with Crippen molar-refractivity contribution in [3.05, 3.63) is 0 Å². The lowest BCUT2D eigenvalue weighted by molar-refractivity contribution is -0.459. The van der Waals surface area contributed by atoms with Crippen LogP contribution in [0, 0.1) is 5.92 Å². The van der Waals surface area contributed by atoms with Crippen molar-refractivity contribution >= 4 is 41.4 Å². The van der Waals surface area contributed by atoms with Crippen molar-refractivity contribution in [1.82, 2.24) is 37.2 Å². The minimum atomic E-state index is -8.91. The van der Waals surface area contributed by atoms with Gasteiger partial charge in [-0.05, 0) is 38.5 Å². The van der Waals surface area contributed by atoms with E-state index in [4.69, 9.17) is 23.7 Å². The highest BCUT2D eigenvalue weighted by Gasteiger charge is 2.95. The number of amides is 7. The number of rotatable bonds is 43. The zero-order chi connectivity index (χ0) is 69.4. The highest BCUT2D eigenvalue weighted by atomic mass is 19.4. The van der Waals surface area contributed by atoms with Gasteiger partial charge in [-0.1, -0.05) is 52.9 Å². The van der Waals surface area contributed by atoms with Crippen LogP contribution in [-0.4, -0.2) is 225 Å². The molecule has 0 aromatic carbocycles. The number of carbonyl (C=O) groups excluding carboxylic acids is 7. The van der Waals surface area contributed by atoms with E-state index in [1.165, 1.54) is 13.8 Å². The minimum Gasteiger partial charge on any atom is -0.394 e. The molecule has 0 unspecified atom stereocenters. The summed E-state index contributed by atoms with van der Waals surface area (Å²) in [7, 11) is 0. The Bertz CT molecular complexity index is 2280. The van der Waals surface area contributed by atoms with E-state index in [-0.39, 0.29) is 78.5 Å². The quantitative estimate of drug-likeness (QED) is 0.0307. The fourth-order valence-electron chi connectivity index (χ4n) is 8.19. The van der Waals surface area contributed by atoms with E-state index in [2.05, 4.69) is 31.9 Å². The first kappa shape index (κ1) is 82.8. The molecule has 1 rings (SSSR count). The molecule has 0 saturated carbocycles. The highest BCUT2D eigenvalue weighted by Crippen LogP contribution is 2.64. The van der Waals surface area contributed by atoms with E-state index in [9.17, 15) is 124 Å². The van der Waals surface area contributed by atoms with Crippen LogP contribution in [0.15, 0.2) is 0 Å². The molecule has 39 heteroatoms. The van der Waals surface area contributed by atoms with Gasteiger partial charge in [0.05, 0.1) is 52.4 Å². The van der Waals surface area contributed by atoms with E-state index in [1.807, 2.05) is 6.92 Å². The average molecular weight is 1350 g/mol. The Labute approximate surface area is 505 Å². The molecule has 1 fully saturated rings. The molecule has 0 radical (unpaired) electrons. The van der Waals surface area contributed by atoms with Gasteiger partial charge in [0.2, 0.25) is 35.4 Å². The van der Waals surface area contributed by atoms with Gasteiger partial charge in [-0.15, -0.1) is 0 Å². The Kier molecular flexibility index (Phi) is 33.4. The van der Waals surface area contributed by atoms with Gasteiger partial charge in [0.1, 0.15) is 42.5 Å². The summed E-state index contributed by atoms with van der Waals surface area (Å²) in [5, 5.41) is 46.0. The van der Waals surface area contributed by atoms with Crippen molar-refractivity contribution in [1.29, 1.82) is 0 Å². The molecule has 10 N–H and O–H groups in total. The average Bonchev–Trinajstić information content (AvgIpc) is 0.697. The third-order valence-corrected chi connectivity index (χ3v) is 13.4. The molecule has 1 heterocycles. The maximum absolute atomic E-state index is 14.8. The number of aliphatic hydroxyl groups excluding tert-OH is 3. The Morgan fingerprint density at radius 1 is 0.522 bits per heavy atom. The molecule has 1 aliphatic rings. The fraction of sp³-hybridized carbons (Fsp3) is 0.863. The van der Waals surface area contributed by atoms with Crippen molar-refractivity contribution in [3.63, 3.8) is 0 Å². The molecule has 22 nitrogen and oxygen atoms in total. The van der Waals surface area contributed by atoms with Crippen LogP contribution in [0.3, 0.4) is 0 Å². The van der Waals surface area contributed by atoms with Crippen molar-refractivity contribution in [2.45, 2.75) is 208 Å². The Morgan fingerprint density at radius 3 is 1.53 bits per heavy atom. The van der Waals surface area contributed by atoms with Crippen LogP contribution in [0.1, 0.15) is 106 Å². The summed E-state index contributed by atoms with van der Waals surface area (Å²) in [6.45, 7) is 6.72. The van der Waals surface area contributed by atoms with E-state index >= 15 is 0 Å². The molecule has 0 aromatic heterocycles. The Hall–Kier alpha value is -5.22. The maximum atomic E-state index is 14.8. The lowest BCUT2D eigenvalue weighted by atomic mass is 9.88. The van der Waals surface area contributed by atoms with Gasteiger partial charge in [-0.25, -0.2) is 0 Å². The summed E-state index contributed by atoms with van der Waals surface area (Å²) in [6.07, 6.45) is -13.9. The van der Waals surface area contributed by atoms with Gasteiger partial charge in [0.25, 0.3) is 5.91 Å². The molecule has 7 amide bonds. The fourth-order valence-corrected chi connectivity index (χ4v) is 8.19. The third kappa shape index (κ3) is 22.2. The van der Waals surface area contributed by atoms with Crippen LogP contribution >= 0.6 is 0 Å². The number of alkyl halides is 17. The van der Waals surface area contributed by atoms with Gasteiger partial charge in [0, 0.05) is 39.9 Å². The van der Waals surface area contributed by atoms with Crippen molar-refractivity contribution in [3.8, 4) is 0 Å². The van der Waals surface area contributed by atoms with E-state index < -0.39 is 169 Å². The second-order valence-corrected chi connectivity index (χ2v) is 21.0. The molecule has 1 aliphatic heterocycles. The van der Waals surface area contributed by atoms with Crippen LogP contribution in [0.2, 0.25) is 0 Å². The molecular weight excluding hydrogens is 1270 g/mol. The van der Waals surface area contributed by atoms with Crippen LogP contribution in [0.25, 0.3) is 0 Å². The van der Waals surface area contributed by atoms with Crippen LogP contribution in [0.5, 0.6) is 0 Å². The van der Waals surface area contributed by atoms with Crippen LogP contribution in [-0.2, 0) is 57.2 Å². The minimum absolute atomic E-state index is 0.0175. The first-order valence-electron chi connectivity index (χ1n) is 28.1. The predicted octanol–water partition coefficient (Wildman–Crippen LogP) is 3.79. The maximum Gasteiger partial charge on any atom is 0.460 e. The van der Waals surface area contributed by atoms with Crippen molar-refractivity contribution < 1.29 is 147 Å². The standard InChI is InChI=1S/C51H78F17N7O15/c1-7-8-9-10-11-13-18-70-39(82)31(74-43(85)44(52,53)45(54,55)46(56,57)47(58,59)48(60,61)49(62,63)50(64,65)51(66,67)68)15-12-14-17-69-33(79)16-20-86-22-24-88-25-23-87-21-19-71-40(83)35(75-41(84)34(27(2)3)72-29(5)77)28(4)89-42-36(73-30(6)78)38(81)37(80)32(26-76)90-42/h27-28,31-32,34-38,42,76,80-81H,7-26H2,1-6H3,(H,69,79)(H,70,82)(H,71,83)(H,72,77)(H,73,78)(H,74,85)(H,75,84)/t28-,31+,32-,34+,35+,36-,37+,38-,42+/m1/s1. The summed E-state index contributed by atoms with van der Waals surface area (Å²) in [6, 6.07) is -6.53. The second kappa shape index (κ2) is 36.3. The lowest BCUT2D eigenvalue weighted by Crippen LogP contribution is -2.75. The largest absolute Gasteiger partial charge is 0.460 e. The molecule has 526 valence electrons. The van der Waals surface area contributed by atoms with Gasteiger partial charge < -0.3 is 76.2 Å². The van der Waals surface area contributed by atoms with Crippen LogP contribution in [0.4, 0.5) is 74.6 Å². The molecule has 0 aromatic rings. The first-order valence-corrected chi connectivity index (χ1v) is 28.1. The zero-order valence-electron chi connectivity index (χ0n) is 49.6. The molecule has 0 spiro atoms. The molecule has 1 saturated heterocycles. The second-order valence-electron chi connectivity index (χ2n) is 21.0. The summed E-state index contributed by atoms with van der Waals surface area (Å²) in [5.41, 5.74) is 0. The summed E-state index contributed by atoms with van der Waals surface area (Å²) in [5.74, 6) is -68.7. The summed E-state index contributed by atoms with van der Waals surface area (Å²) in [4.78, 5) is 88.4. The SMILES string of the molecule is CCCCCCCCNC(=O)[C@H](CCCCNC(=O)CCOCCOCCOCCNC(=O)[C@@H](NC(=O)[C@@H](NC(C)=O)C(C)C)[C@@H](C)O[C@H]1O[C@H](CO)[C@H](O)[C@H](O)[C@H]1NC(C)=O)NC(=O)C(F)(F)C(F)(F)C(F)(F)C(F)(F)C(F)(F)C(F)(F)C(F)(F)C(F)(F)F. The Morgan fingerprint density at radius 2 is 1.01 bits per heavy atom. The zero-order valence-corrected chi connectivity index (χ0v) is 49.6. The van der Waals surface area contributed by atoms with Gasteiger partial charge >= 0.3 is 47.6 Å². The normalized spacial score (nSPS) is 19.5. The lowest BCUT2D eigenvalue weighted by Gasteiger charge is -2.43. The first-order chi connectivity index (χ1) is 41.4. The van der Waals surface area contributed by atoms with E-state index in [0.29, 0.717) is 12.8 Å². The van der Waals surface area contributed by atoms with Crippen molar-refractivity contribution in [2.75, 3.05) is 65.9 Å². The van der Waals surface area contributed by atoms with Gasteiger partial charge in [-0.3, -0.25) is 33.6 Å². The number of hydrogen-bond acceptors (Lipinski definition) is 15. The number of ether oxygens (including phenoxy) is 5. The highest BCUT2D eigenvalue weighted by molar-refractivity contribution is 5.92. The number of halogens is 17. The summed E-state index contributed by atoms with van der Waals surface area (Å²) >= 11 is 0. The molecule has 0 bridgehead atoms. The Balaban J connectivity index is 2.82. The number of nitrogens with one attached hydrogen (secondary N) is 7. The van der Waals surface area contributed by atoms with Crippen LogP contribution < -0.4 is 37.2 Å². The number of aliphatic hydroxyl groups is 3. The molecule has 90 heavy (non-hydrogen) atoms. The topological polar surface area (TPSA) is 311 Å².